The quantitative estimate of drug-likeness (QED) is 0.746. The van der Waals surface area contributed by atoms with Gasteiger partial charge in [-0.1, -0.05) is 17.7 Å². The van der Waals surface area contributed by atoms with Crippen LogP contribution in [0.3, 0.4) is 0 Å². The highest BCUT2D eigenvalue weighted by Crippen LogP contribution is 2.20. The number of nitrogens with one attached hydrogen (secondary N) is 1. The summed E-state index contributed by atoms with van der Waals surface area (Å²) in [7, 11) is 1.65. The molecule has 0 aliphatic heterocycles. The highest BCUT2D eigenvalue weighted by atomic mass is 35.5. The number of likely N-dealkylation sites (N-methyl/N-ethyl adjacent to an activating group) is 1. The lowest BCUT2D eigenvalue weighted by Crippen LogP contribution is -2.46. The molecule has 4 N–H and O–H groups in total. The van der Waals surface area contributed by atoms with Crippen molar-refractivity contribution >= 4 is 28.6 Å². The molecule has 1 heterocycles. The molecule has 1 atom stereocenters. The average molecular weight is 340 g/mol. The molecular formula is C14H18ClN5O3. The standard InChI is InChI=1S/C14H18ClN5O3/c1-8(16)12-18-10-5-3-4-9(15)11(10)13(21)20(12)19(2)7-6-17-14(22)23/h3-5,8,17H,6-7,16H2,1-2H3,(H,22,23). The van der Waals surface area contributed by atoms with E-state index in [9.17, 15) is 9.59 Å². The van der Waals surface area contributed by atoms with E-state index in [-0.39, 0.29) is 18.6 Å². The fourth-order valence-electron chi connectivity index (χ4n) is 2.25. The fourth-order valence-corrected chi connectivity index (χ4v) is 2.50. The molecule has 0 saturated carbocycles. The van der Waals surface area contributed by atoms with Gasteiger partial charge in [0.15, 0.2) is 0 Å². The highest BCUT2D eigenvalue weighted by Gasteiger charge is 2.18. The number of halogens is 1. The number of amides is 1. The van der Waals surface area contributed by atoms with Gasteiger partial charge in [0.1, 0.15) is 5.82 Å². The van der Waals surface area contributed by atoms with Crippen molar-refractivity contribution in [2.24, 2.45) is 5.73 Å². The molecule has 8 nitrogen and oxygen atoms in total. The molecule has 23 heavy (non-hydrogen) atoms. The minimum atomic E-state index is -1.13. The van der Waals surface area contributed by atoms with Crippen molar-refractivity contribution in [3.8, 4) is 0 Å². The van der Waals surface area contributed by atoms with Gasteiger partial charge in [-0.3, -0.25) is 4.79 Å². The van der Waals surface area contributed by atoms with E-state index < -0.39 is 12.1 Å². The first-order chi connectivity index (χ1) is 10.8. The van der Waals surface area contributed by atoms with Crippen LogP contribution in [0.15, 0.2) is 23.0 Å². The Balaban J connectivity index is 2.54. The molecule has 1 unspecified atom stereocenters. The van der Waals surface area contributed by atoms with E-state index in [2.05, 4.69) is 10.3 Å². The second kappa shape index (κ2) is 6.84. The minimum absolute atomic E-state index is 0.150. The van der Waals surface area contributed by atoms with Crippen LogP contribution in [0.25, 0.3) is 10.9 Å². The maximum atomic E-state index is 12.8. The van der Waals surface area contributed by atoms with E-state index in [0.29, 0.717) is 21.7 Å². The van der Waals surface area contributed by atoms with Gasteiger partial charge in [-0.25, -0.2) is 14.5 Å². The molecule has 0 aliphatic carbocycles. The van der Waals surface area contributed by atoms with Crippen molar-refractivity contribution < 1.29 is 9.90 Å². The first-order valence-electron chi connectivity index (χ1n) is 6.98. The van der Waals surface area contributed by atoms with Crippen molar-refractivity contribution in [2.45, 2.75) is 13.0 Å². The third-order valence-corrected chi connectivity index (χ3v) is 3.63. The summed E-state index contributed by atoms with van der Waals surface area (Å²) in [6, 6.07) is 4.55. The number of nitrogens with two attached hydrogens (primary N) is 1. The molecule has 124 valence electrons. The van der Waals surface area contributed by atoms with Crippen LogP contribution < -0.4 is 21.6 Å². The predicted octanol–water partition coefficient (Wildman–Crippen LogP) is 0.905. The molecule has 0 saturated heterocycles. The first-order valence-corrected chi connectivity index (χ1v) is 7.35. The topological polar surface area (TPSA) is 113 Å². The van der Waals surface area contributed by atoms with Crippen LogP contribution in [-0.2, 0) is 0 Å². The van der Waals surface area contributed by atoms with Crippen molar-refractivity contribution in [1.29, 1.82) is 0 Å². The smallest absolute Gasteiger partial charge is 0.404 e. The number of rotatable bonds is 5. The number of benzene rings is 1. The molecular weight excluding hydrogens is 322 g/mol. The van der Waals surface area contributed by atoms with Crippen molar-refractivity contribution in [3.05, 3.63) is 39.4 Å². The molecule has 0 fully saturated rings. The number of fused-ring (bicyclic) bond motifs is 1. The van der Waals surface area contributed by atoms with Crippen LogP contribution >= 0.6 is 11.6 Å². The third-order valence-electron chi connectivity index (χ3n) is 3.31. The van der Waals surface area contributed by atoms with Crippen molar-refractivity contribution in [1.82, 2.24) is 15.0 Å². The highest BCUT2D eigenvalue weighted by molar-refractivity contribution is 6.35. The monoisotopic (exact) mass is 339 g/mol. The molecule has 1 amide bonds. The minimum Gasteiger partial charge on any atom is -0.465 e. The zero-order chi connectivity index (χ0) is 17.1. The summed E-state index contributed by atoms with van der Waals surface area (Å²) >= 11 is 6.12. The van der Waals surface area contributed by atoms with Crippen LogP contribution in [0.2, 0.25) is 5.02 Å². The van der Waals surface area contributed by atoms with E-state index in [4.69, 9.17) is 22.4 Å². The van der Waals surface area contributed by atoms with Crippen LogP contribution in [-0.4, -0.2) is 41.0 Å². The third kappa shape index (κ3) is 3.54. The number of hydrogen-bond acceptors (Lipinski definition) is 5. The van der Waals surface area contributed by atoms with Gasteiger partial charge in [0, 0.05) is 13.6 Å². The number of aromatic nitrogens is 2. The maximum absolute atomic E-state index is 12.8. The molecule has 9 heteroatoms. The van der Waals surface area contributed by atoms with Gasteiger partial charge in [0.25, 0.3) is 5.56 Å². The lowest BCUT2D eigenvalue weighted by atomic mass is 10.2. The molecule has 1 aromatic heterocycles. The molecule has 0 radical (unpaired) electrons. The average Bonchev–Trinajstić information content (AvgIpc) is 2.46. The van der Waals surface area contributed by atoms with Gasteiger partial charge in [0.2, 0.25) is 0 Å². The summed E-state index contributed by atoms with van der Waals surface area (Å²) in [5, 5.41) is 13.0. The van der Waals surface area contributed by atoms with E-state index in [0.717, 1.165) is 0 Å². The summed E-state index contributed by atoms with van der Waals surface area (Å²) in [6.45, 7) is 2.14. The van der Waals surface area contributed by atoms with Crippen LogP contribution in [0.1, 0.15) is 18.8 Å². The Hall–Kier alpha value is -2.32. The second-order valence-electron chi connectivity index (χ2n) is 5.12. The normalized spacial score (nSPS) is 12.2. The van der Waals surface area contributed by atoms with E-state index in [1.165, 1.54) is 4.68 Å². The van der Waals surface area contributed by atoms with Crippen molar-refractivity contribution in [3.63, 3.8) is 0 Å². The molecule has 0 spiro atoms. The summed E-state index contributed by atoms with van der Waals surface area (Å²) < 4.78 is 1.34. The van der Waals surface area contributed by atoms with Crippen molar-refractivity contribution in [2.75, 3.05) is 25.1 Å². The summed E-state index contributed by atoms with van der Waals surface area (Å²) in [5.41, 5.74) is 6.07. The number of carboxylic acid groups (broad SMARTS) is 1. The summed E-state index contributed by atoms with van der Waals surface area (Å²) in [5.74, 6) is 0.377. The fraction of sp³-hybridized carbons (Fsp3) is 0.357. The lowest BCUT2D eigenvalue weighted by Gasteiger charge is -2.26. The number of hydrogen-bond donors (Lipinski definition) is 3. The second-order valence-corrected chi connectivity index (χ2v) is 5.53. The predicted molar refractivity (Wildman–Crippen MR) is 88.7 cm³/mol. The van der Waals surface area contributed by atoms with Gasteiger partial charge in [-0.15, -0.1) is 0 Å². The van der Waals surface area contributed by atoms with Gasteiger partial charge >= 0.3 is 6.09 Å². The maximum Gasteiger partial charge on any atom is 0.404 e. The molecule has 2 rings (SSSR count). The number of nitrogens with zero attached hydrogens (tertiary/aromatic N) is 3. The van der Waals surface area contributed by atoms with Gasteiger partial charge < -0.3 is 21.2 Å². The molecule has 2 aromatic rings. The SMILES string of the molecule is CC(N)c1nc2cccc(Cl)c2c(=O)n1N(C)CCNC(=O)O. The van der Waals surface area contributed by atoms with Gasteiger partial charge in [-0.2, -0.15) is 0 Å². The zero-order valence-corrected chi connectivity index (χ0v) is 13.5. The Labute approximate surface area is 137 Å². The van der Waals surface area contributed by atoms with E-state index in [1.807, 2.05) is 0 Å². The van der Waals surface area contributed by atoms with E-state index >= 15 is 0 Å². The summed E-state index contributed by atoms with van der Waals surface area (Å²) in [6.07, 6.45) is -1.13. The van der Waals surface area contributed by atoms with Crippen LogP contribution in [0.5, 0.6) is 0 Å². The van der Waals surface area contributed by atoms with Crippen LogP contribution in [0, 0.1) is 0 Å². The molecule has 0 aliphatic rings. The van der Waals surface area contributed by atoms with Gasteiger partial charge in [-0.05, 0) is 19.1 Å². The Bertz CT molecular complexity index is 790. The Kier molecular flexibility index (Phi) is 5.07. The summed E-state index contributed by atoms with van der Waals surface area (Å²) in [4.78, 5) is 27.8. The lowest BCUT2D eigenvalue weighted by molar-refractivity contribution is 0.194. The zero-order valence-electron chi connectivity index (χ0n) is 12.8. The van der Waals surface area contributed by atoms with Crippen LogP contribution in [0.4, 0.5) is 4.79 Å². The first kappa shape index (κ1) is 17.0. The van der Waals surface area contributed by atoms with Gasteiger partial charge in [0.05, 0.1) is 28.5 Å². The molecule has 1 aromatic carbocycles. The Morgan fingerprint density at radius 1 is 1.57 bits per heavy atom. The number of carbonyl (C=O) groups is 1. The Morgan fingerprint density at radius 2 is 2.26 bits per heavy atom. The largest absolute Gasteiger partial charge is 0.465 e. The van der Waals surface area contributed by atoms with E-state index in [1.54, 1.807) is 37.2 Å². The molecule has 0 bridgehead atoms. The Morgan fingerprint density at radius 3 is 2.87 bits per heavy atom.